The highest BCUT2D eigenvalue weighted by molar-refractivity contribution is 6.17. The van der Waals surface area contributed by atoms with Gasteiger partial charge < -0.3 is 5.32 Å². The molecule has 0 aromatic carbocycles. The van der Waals surface area contributed by atoms with Gasteiger partial charge in [0, 0.05) is 5.56 Å². The van der Waals surface area contributed by atoms with Crippen LogP contribution in [0, 0.1) is 12.3 Å². The second-order valence-corrected chi connectivity index (χ2v) is 3.93. The second kappa shape index (κ2) is 2.05. The Morgan fingerprint density at radius 1 is 1.50 bits per heavy atom. The first-order chi connectivity index (χ1) is 6.65. The van der Waals surface area contributed by atoms with Crippen molar-refractivity contribution in [3.63, 3.8) is 0 Å². The summed E-state index contributed by atoms with van der Waals surface area (Å²) in [7, 11) is 0. The van der Waals surface area contributed by atoms with Crippen LogP contribution >= 0.6 is 0 Å². The van der Waals surface area contributed by atoms with Gasteiger partial charge in [-0.2, -0.15) is 9.78 Å². The number of nitrogens with one attached hydrogen (secondary N) is 1. The van der Waals surface area contributed by atoms with Crippen LogP contribution in [0.2, 0.25) is 0 Å². The number of anilines is 1. The van der Waals surface area contributed by atoms with Crippen LogP contribution in [0.25, 0.3) is 0 Å². The maximum absolute atomic E-state index is 11.9. The van der Waals surface area contributed by atoms with E-state index in [0.717, 1.165) is 5.56 Å². The zero-order valence-electron chi connectivity index (χ0n) is 7.70. The van der Waals surface area contributed by atoms with Crippen LogP contribution in [0.1, 0.15) is 23.2 Å². The monoisotopic (exact) mass is 191 g/mol. The number of aromatic nitrogens is 2. The predicted octanol–water partition coefficient (Wildman–Crippen LogP) is 0.564. The summed E-state index contributed by atoms with van der Waals surface area (Å²) in [6, 6.07) is 0. The molecule has 1 fully saturated rings. The molecule has 72 valence electrons. The predicted molar refractivity (Wildman–Crippen MR) is 47.9 cm³/mol. The zero-order valence-corrected chi connectivity index (χ0v) is 7.70. The number of nitrogens with zero attached hydrogens (tertiary/aromatic N) is 2. The topological polar surface area (TPSA) is 64.0 Å². The molecule has 2 aliphatic rings. The Hall–Kier alpha value is -1.65. The highest BCUT2D eigenvalue weighted by atomic mass is 16.2. The molecule has 0 saturated heterocycles. The van der Waals surface area contributed by atoms with Gasteiger partial charge in [0.1, 0.15) is 11.2 Å². The van der Waals surface area contributed by atoms with Crippen LogP contribution in [0.3, 0.4) is 0 Å². The third kappa shape index (κ3) is 0.685. The van der Waals surface area contributed by atoms with Crippen LogP contribution in [-0.4, -0.2) is 21.6 Å². The summed E-state index contributed by atoms with van der Waals surface area (Å²) in [5.74, 6) is 0.181. The largest absolute Gasteiger partial charge is 0.309 e. The Kier molecular flexibility index (Phi) is 1.13. The Labute approximate surface area is 80.1 Å². The van der Waals surface area contributed by atoms with Crippen molar-refractivity contribution in [1.29, 1.82) is 0 Å². The van der Waals surface area contributed by atoms with E-state index in [1.54, 1.807) is 6.20 Å². The molecule has 1 aliphatic carbocycles. The smallest absolute Gasteiger partial charge is 0.264 e. The summed E-state index contributed by atoms with van der Waals surface area (Å²) in [6.45, 7) is 1.82. The maximum atomic E-state index is 11.9. The average molecular weight is 191 g/mol. The van der Waals surface area contributed by atoms with Crippen molar-refractivity contribution < 1.29 is 9.59 Å². The highest BCUT2D eigenvalue weighted by Gasteiger charge is 2.60. The Morgan fingerprint density at radius 3 is 2.86 bits per heavy atom. The van der Waals surface area contributed by atoms with Gasteiger partial charge in [-0.15, -0.1) is 0 Å². The maximum Gasteiger partial charge on any atom is 0.264 e. The molecule has 1 spiro atoms. The van der Waals surface area contributed by atoms with E-state index in [4.69, 9.17) is 0 Å². The van der Waals surface area contributed by atoms with Crippen LogP contribution in [0.4, 0.5) is 5.82 Å². The zero-order chi connectivity index (χ0) is 9.92. The molecule has 1 aromatic rings. The molecule has 0 radical (unpaired) electrons. The van der Waals surface area contributed by atoms with E-state index >= 15 is 0 Å². The van der Waals surface area contributed by atoms with Gasteiger partial charge in [-0.25, -0.2) is 0 Å². The third-order valence-electron chi connectivity index (χ3n) is 2.97. The van der Waals surface area contributed by atoms with Crippen LogP contribution in [-0.2, 0) is 4.79 Å². The lowest BCUT2D eigenvalue weighted by Crippen LogP contribution is -2.41. The molecule has 3 rings (SSSR count). The van der Waals surface area contributed by atoms with E-state index in [9.17, 15) is 9.59 Å². The number of carbonyl (C=O) groups is 2. The van der Waals surface area contributed by atoms with E-state index < -0.39 is 5.41 Å². The Bertz CT molecular complexity index is 457. The van der Waals surface area contributed by atoms with Crippen molar-refractivity contribution in [2.24, 2.45) is 5.41 Å². The minimum atomic E-state index is -0.786. The molecule has 1 aromatic heterocycles. The molecule has 2 heterocycles. The molecule has 0 atom stereocenters. The molecule has 5 heteroatoms. The number of aryl methyl sites for hydroxylation is 1. The van der Waals surface area contributed by atoms with Crippen molar-refractivity contribution in [3.05, 3.63) is 11.8 Å². The van der Waals surface area contributed by atoms with E-state index in [-0.39, 0.29) is 11.8 Å². The minimum absolute atomic E-state index is 0.168. The summed E-state index contributed by atoms with van der Waals surface area (Å²) in [5, 5.41) is 6.69. The molecular weight excluding hydrogens is 182 g/mol. The van der Waals surface area contributed by atoms with Crippen LogP contribution < -0.4 is 5.32 Å². The van der Waals surface area contributed by atoms with Crippen molar-refractivity contribution in [3.8, 4) is 0 Å². The van der Waals surface area contributed by atoms with E-state index in [0.29, 0.717) is 18.7 Å². The number of carbonyl (C=O) groups excluding carboxylic acids is 2. The summed E-state index contributed by atoms with van der Waals surface area (Å²) in [5.41, 5.74) is 0.0352. The van der Waals surface area contributed by atoms with Crippen LogP contribution in [0.15, 0.2) is 6.20 Å². The molecule has 1 saturated carbocycles. The molecule has 0 unspecified atom stereocenters. The van der Waals surface area contributed by atoms with E-state index in [1.807, 2.05) is 6.92 Å². The summed E-state index contributed by atoms with van der Waals surface area (Å²) in [6.07, 6.45) is 2.89. The summed E-state index contributed by atoms with van der Waals surface area (Å²) >= 11 is 0. The molecule has 14 heavy (non-hydrogen) atoms. The molecule has 5 nitrogen and oxygen atoms in total. The standard InChI is InChI=1S/C9H9N3O2/c1-5-4-10-12-6(5)11-7(13)9(2-3-9)8(12)14/h4H,2-3H2,1H3,(H,11,13). The lowest BCUT2D eigenvalue weighted by Gasteiger charge is -2.21. The number of amides is 1. The minimum Gasteiger partial charge on any atom is -0.309 e. The first kappa shape index (κ1) is 7.73. The van der Waals surface area contributed by atoms with Gasteiger partial charge in [-0.3, -0.25) is 9.59 Å². The van der Waals surface area contributed by atoms with Gasteiger partial charge in [0.25, 0.3) is 5.91 Å². The number of hydrogen-bond donors (Lipinski definition) is 1. The quantitative estimate of drug-likeness (QED) is 0.609. The van der Waals surface area contributed by atoms with Gasteiger partial charge in [-0.05, 0) is 19.8 Å². The first-order valence-electron chi connectivity index (χ1n) is 4.56. The fourth-order valence-electron chi connectivity index (χ4n) is 1.83. The molecule has 1 N–H and O–H groups in total. The summed E-state index contributed by atoms with van der Waals surface area (Å²) < 4.78 is 1.31. The molecule has 0 bridgehead atoms. The normalized spacial score (nSPS) is 22.1. The van der Waals surface area contributed by atoms with Crippen molar-refractivity contribution in [1.82, 2.24) is 9.78 Å². The van der Waals surface area contributed by atoms with E-state index in [1.165, 1.54) is 4.68 Å². The second-order valence-electron chi connectivity index (χ2n) is 3.93. The van der Waals surface area contributed by atoms with Gasteiger partial charge in [-0.1, -0.05) is 0 Å². The van der Waals surface area contributed by atoms with Crippen molar-refractivity contribution >= 4 is 17.6 Å². The Balaban J connectivity index is 2.20. The number of rotatable bonds is 0. The third-order valence-corrected chi connectivity index (χ3v) is 2.97. The molecular formula is C9H9N3O2. The first-order valence-corrected chi connectivity index (χ1v) is 4.56. The number of fused-ring (bicyclic) bond motifs is 1. The lowest BCUT2D eigenvalue weighted by atomic mass is 10.0. The molecule has 1 amide bonds. The fourth-order valence-corrected chi connectivity index (χ4v) is 1.83. The average Bonchev–Trinajstić information content (AvgIpc) is 2.88. The number of hydrogen-bond acceptors (Lipinski definition) is 3. The van der Waals surface area contributed by atoms with Gasteiger partial charge >= 0.3 is 0 Å². The fraction of sp³-hybridized carbons (Fsp3) is 0.444. The molecule has 1 aliphatic heterocycles. The Morgan fingerprint density at radius 2 is 2.21 bits per heavy atom. The van der Waals surface area contributed by atoms with Gasteiger partial charge in [0.15, 0.2) is 0 Å². The van der Waals surface area contributed by atoms with E-state index in [2.05, 4.69) is 10.4 Å². The SMILES string of the molecule is Cc1cnn2c1NC(=O)C1(CC1)C2=O. The lowest BCUT2D eigenvalue weighted by molar-refractivity contribution is -0.120. The van der Waals surface area contributed by atoms with Gasteiger partial charge in [0.05, 0.1) is 6.20 Å². The highest BCUT2D eigenvalue weighted by Crippen LogP contribution is 2.50. The van der Waals surface area contributed by atoms with Gasteiger partial charge in [0.2, 0.25) is 5.91 Å². The van der Waals surface area contributed by atoms with Crippen molar-refractivity contribution in [2.45, 2.75) is 19.8 Å². The summed E-state index contributed by atoms with van der Waals surface area (Å²) in [4.78, 5) is 23.5. The van der Waals surface area contributed by atoms with Crippen LogP contribution in [0.5, 0.6) is 0 Å². The van der Waals surface area contributed by atoms with Crippen molar-refractivity contribution in [2.75, 3.05) is 5.32 Å².